The first kappa shape index (κ1) is 33.6. The molecule has 4 heterocycles. The lowest BCUT2D eigenvalue weighted by atomic mass is 10.1. The number of amides is 1. The number of aryl methyl sites for hydroxylation is 1. The van der Waals surface area contributed by atoms with Crippen LogP contribution >= 0.6 is 34.5 Å². The van der Waals surface area contributed by atoms with Gasteiger partial charge in [-0.25, -0.2) is 14.1 Å². The number of rotatable bonds is 8. The van der Waals surface area contributed by atoms with Crippen molar-refractivity contribution in [1.82, 2.24) is 29.2 Å². The van der Waals surface area contributed by atoms with E-state index in [1.165, 1.54) is 11.3 Å². The van der Waals surface area contributed by atoms with Gasteiger partial charge in [-0.05, 0) is 68.7 Å². The van der Waals surface area contributed by atoms with E-state index in [-0.39, 0.29) is 31.7 Å². The zero-order valence-electron chi connectivity index (χ0n) is 25.6. The van der Waals surface area contributed by atoms with Crippen LogP contribution in [-0.2, 0) is 16.8 Å². The fraction of sp³-hybridized carbons (Fsp3) is 0.333. The van der Waals surface area contributed by atoms with Gasteiger partial charge < -0.3 is 0 Å². The fourth-order valence-corrected chi connectivity index (χ4v) is 8.17. The van der Waals surface area contributed by atoms with Crippen molar-refractivity contribution in [2.45, 2.75) is 45.3 Å². The summed E-state index contributed by atoms with van der Waals surface area (Å²) in [6, 6.07) is 16.6. The van der Waals surface area contributed by atoms with E-state index >= 15 is 0 Å². The molecule has 0 saturated carbocycles. The Morgan fingerprint density at radius 2 is 1.81 bits per heavy atom. The van der Waals surface area contributed by atoms with Crippen molar-refractivity contribution in [2.24, 2.45) is 0 Å². The average molecular weight is 716 g/mol. The van der Waals surface area contributed by atoms with E-state index in [1.54, 1.807) is 22.9 Å². The van der Waals surface area contributed by atoms with Crippen LogP contribution in [0.25, 0.3) is 16.3 Å². The summed E-state index contributed by atoms with van der Waals surface area (Å²) in [5.41, 5.74) is 6.26. The maximum absolute atomic E-state index is 14.0. The first-order valence-corrected chi connectivity index (χ1v) is 18.3. The summed E-state index contributed by atoms with van der Waals surface area (Å²) < 4.78 is 45.7. The standard InChI is InChI=1S/C33H33Cl2FN6O3S2/c1-22-5-7-23(8-6-22)9-11-26-12-14-30(46-26)32-27(20-37-47(44,45)41-18-15-25(36)21-41)31(33(43)39-40-16-3-2-4-17-40)38-42(32)29-13-10-24(34)19-28(29)35/h5-8,10,12-14,19,25,37H,2-4,15-18,20-21H2,1H3,(H,39,43)/t25-/m1/s1. The second-order valence-corrected chi connectivity index (χ2v) is 15.2. The number of carbonyl (C=O) groups is 1. The van der Waals surface area contributed by atoms with Gasteiger partial charge >= 0.3 is 0 Å². The number of hydrogen-bond acceptors (Lipinski definition) is 6. The van der Waals surface area contributed by atoms with Crippen molar-refractivity contribution in [2.75, 3.05) is 26.2 Å². The van der Waals surface area contributed by atoms with Crippen LogP contribution in [0.3, 0.4) is 0 Å². The molecule has 1 atom stereocenters. The lowest BCUT2D eigenvalue weighted by Crippen LogP contribution is -2.45. The van der Waals surface area contributed by atoms with Crippen molar-refractivity contribution in [1.29, 1.82) is 0 Å². The Morgan fingerprint density at radius 1 is 1.04 bits per heavy atom. The van der Waals surface area contributed by atoms with Crippen LogP contribution < -0.4 is 10.1 Å². The Morgan fingerprint density at radius 3 is 2.51 bits per heavy atom. The Hall–Kier alpha value is -3.28. The smallest absolute Gasteiger partial charge is 0.283 e. The lowest BCUT2D eigenvalue weighted by molar-refractivity contribution is 0.0743. The van der Waals surface area contributed by atoms with Crippen molar-refractivity contribution < 1.29 is 17.6 Å². The molecule has 0 spiro atoms. The van der Waals surface area contributed by atoms with E-state index in [9.17, 15) is 17.6 Å². The number of carbonyl (C=O) groups excluding carboxylic acids is 1. The number of thiophene rings is 1. The zero-order valence-corrected chi connectivity index (χ0v) is 28.7. The second kappa shape index (κ2) is 14.5. The third-order valence-corrected chi connectivity index (χ3v) is 11.1. The lowest BCUT2D eigenvalue weighted by Gasteiger charge is -2.26. The number of benzene rings is 2. The summed E-state index contributed by atoms with van der Waals surface area (Å²) in [5, 5.41) is 7.31. The molecule has 6 rings (SSSR count). The predicted octanol–water partition coefficient (Wildman–Crippen LogP) is 6.12. The van der Waals surface area contributed by atoms with Gasteiger partial charge in [-0.1, -0.05) is 59.2 Å². The Kier molecular flexibility index (Phi) is 10.3. The van der Waals surface area contributed by atoms with E-state index in [0.717, 1.165) is 39.6 Å². The quantitative estimate of drug-likeness (QED) is 0.214. The van der Waals surface area contributed by atoms with Gasteiger partial charge in [0.1, 0.15) is 6.17 Å². The molecule has 0 radical (unpaired) electrons. The van der Waals surface area contributed by atoms with Gasteiger partial charge in [0.15, 0.2) is 5.69 Å². The normalized spacial score (nSPS) is 17.4. The zero-order chi connectivity index (χ0) is 33.1. The monoisotopic (exact) mass is 714 g/mol. The van der Waals surface area contributed by atoms with Gasteiger partial charge in [0, 0.05) is 48.9 Å². The number of aromatic nitrogens is 2. The van der Waals surface area contributed by atoms with E-state index in [2.05, 4.69) is 22.0 Å². The van der Waals surface area contributed by atoms with E-state index in [1.807, 2.05) is 48.3 Å². The first-order chi connectivity index (χ1) is 22.6. The van der Waals surface area contributed by atoms with Crippen LogP contribution in [0.2, 0.25) is 10.0 Å². The van der Waals surface area contributed by atoms with Crippen LogP contribution in [-0.4, -0.2) is 65.8 Å². The molecule has 2 aromatic carbocycles. The number of alkyl halides is 1. The molecule has 47 heavy (non-hydrogen) atoms. The highest BCUT2D eigenvalue weighted by Gasteiger charge is 2.33. The molecule has 2 saturated heterocycles. The van der Waals surface area contributed by atoms with Gasteiger partial charge in [0.25, 0.3) is 16.1 Å². The Labute approximate surface area is 287 Å². The minimum Gasteiger partial charge on any atom is -0.283 e. The summed E-state index contributed by atoms with van der Waals surface area (Å²) in [6.45, 7) is 2.97. The molecule has 246 valence electrons. The number of nitrogens with one attached hydrogen (secondary N) is 2. The van der Waals surface area contributed by atoms with Gasteiger partial charge in [-0.15, -0.1) is 11.3 Å². The third-order valence-electron chi connectivity index (χ3n) is 8.04. The number of halogens is 3. The van der Waals surface area contributed by atoms with Crippen LogP contribution in [0, 0.1) is 18.8 Å². The van der Waals surface area contributed by atoms with Crippen molar-refractivity contribution in [3.8, 4) is 28.1 Å². The molecule has 0 unspecified atom stereocenters. The molecular formula is C33H33Cl2FN6O3S2. The molecule has 2 aromatic heterocycles. The van der Waals surface area contributed by atoms with E-state index in [4.69, 9.17) is 28.3 Å². The Balaban J connectivity index is 1.45. The molecule has 2 aliphatic rings. The van der Waals surface area contributed by atoms with Crippen LogP contribution in [0.15, 0.2) is 54.6 Å². The largest absolute Gasteiger partial charge is 0.286 e. The maximum atomic E-state index is 14.0. The molecular weight excluding hydrogens is 682 g/mol. The highest BCUT2D eigenvalue weighted by molar-refractivity contribution is 7.87. The van der Waals surface area contributed by atoms with Crippen LogP contribution in [0.4, 0.5) is 4.39 Å². The summed E-state index contributed by atoms with van der Waals surface area (Å²) in [4.78, 5) is 15.3. The van der Waals surface area contributed by atoms with Crippen molar-refractivity contribution >= 4 is 50.7 Å². The van der Waals surface area contributed by atoms with Crippen LogP contribution in [0.5, 0.6) is 0 Å². The molecule has 0 aliphatic carbocycles. The molecule has 4 aromatic rings. The van der Waals surface area contributed by atoms with Gasteiger partial charge in [-0.3, -0.25) is 10.2 Å². The first-order valence-electron chi connectivity index (χ1n) is 15.3. The van der Waals surface area contributed by atoms with E-state index < -0.39 is 22.3 Å². The number of hydrogen-bond donors (Lipinski definition) is 2. The maximum Gasteiger partial charge on any atom is 0.286 e. The summed E-state index contributed by atoms with van der Waals surface area (Å²) in [6.07, 6.45) is 1.87. The molecule has 2 N–H and O–H groups in total. The average Bonchev–Trinajstić information content (AvgIpc) is 3.79. The summed E-state index contributed by atoms with van der Waals surface area (Å²) >= 11 is 14.3. The predicted molar refractivity (Wildman–Crippen MR) is 184 cm³/mol. The van der Waals surface area contributed by atoms with Gasteiger partial charge in [-0.2, -0.15) is 22.5 Å². The Bertz CT molecular complexity index is 1950. The SMILES string of the molecule is Cc1ccc(C#Cc2ccc(-c3c(CNS(=O)(=O)N4CC[C@@H](F)C4)c(C(=O)NN4CCCCC4)nn3-c3ccc(Cl)cc3Cl)s2)cc1. The molecule has 9 nitrogen and oxygen atoms in total. The highest BCUT2D eigenvalue weighted by atomic mass is 35.5. The summed E-state index contributed by atoms with van der Waals surface area (Å²) in [5.74, 6) is 5.91. The van der Waals surface area contributed by atoms with E-state index in [0.29, 0.717) is 45.0 Å². The fourth-order valence-electron chi connectivity index (χ4n) is 5.55. The molecule has 1 amide bonds. The highest BCUT2D eigenvalue weighted by Crippen LogP contribution is 2.37. The minimum atomic E-state index is -4.06. The second-order valence-electron chi connectivity index (χ2n) is 11.5. The summed E-state index contributed by atoms with van der Waals surface area (Å²) in [7, 11) is -4.06. The molecule has 14 heteroatoms. The topological polar surface area (TPSA) is 99.6 Å². The number of nitrogens with zero attached hydrogens (tertiary/aromatic N) is 4. The third kappa shape index (κ3) is 7.90. The molecule has 0 bridgehead atoms. The van der Waals surface area contributed by atoms with Crippen molar-refractivity contribution in [3.05, 3.63) is 91.9 Å². The van der Waals surface area contributed by atoms with Gasteiger partial charge in [0.2, 0.25) is 0 Å². The van der Waals surface area contributed by atoms with Crippen molar-refractivity contribution in [3.63, 3.8) is 0 Å². The molecule has 2 aliphatic heterocycles. The number of hydrazine groups is 1. The minimum absolute atomic E-state index is 0.0322. The van der Waals surface area contributed by atoms with Gasteiger partial charge in [0.05, 0.1) is 26.2 Å². The molecule has 2 fully saturated rings. The van der Waals surface area contributed by atoms with Crippen LogP contribution in [0.1, 0.15) is 57.7 Å². The number of piperidine rings is 1.